The summed E-state index contributed by atoms with van der Waals surface area (Å²) in [7, 11) is 0. The number of hydrogen-bond donors (Lipinski definition) is 2. The minimum atomic E-state index is -0.406. The predicted molar refractivity (Wildman–Crippen MR) is 90.7 cm³/mol. The average molecular weight is 335 g/mol. The van der Waals surface area contributed by atoms with Crippen LogP contribution in [0.4, 0.5) is 5.82 Å². The van der Waals surface area contributed by atoms with Crippen LogP contribution in [0, 0.1) is 13.8 Å². The van der Waals surface area contributed by atoms with Crippen LogP contribution in [0.15, 0.2) is 0 Å². The number of amides is 1. The molecule has 3 N–H and O–H groups in total. The lowest BCUT2D eigenvalue weighted by atomic mass is 10.2. The van der Waals surface area contributed by atoms with E-state index in [9.17, 15) is 4.79 Å². The summed E-state index contributed by atoms with van der Waals surface area (Å²) >= 11 is 1.65. The largest absolute Gasteiger partial charge is 0.379 e. The summed E-state index contributed by atoms with van der Waals surface area (Å²) in [5.74, 6) is 1.04. The number of aryl methyl sites for hydroxylation is 2. The van der Waals surface area contributed by atoms with Crippen molar-refractivity contribution in [2.45, 2.75) is 20.4 Å². The fourth-order valence-corrected chi connectivity index (χ4v) is 3.67. The first kappa shape index (κ1) is 16.1. The van der Waals surface area contributed by atoms with E-state index in [0.717, 1.165) is 47.9 Å². The number of morpholine rings is 1. The third-order valence-electron chi connectivity index (χ3n) is 3.97. The number of primary amides is 1. The molecule has 0 aromatic carbocycles. The van der Waals surface area contributed by atoms with Crippen molar-refractivity contribution in [1.82, 2.24) is 14.9 Å². The van der Waals surface area contributed by atoms with E-state index in [-0.39, 0.29) is 6.54 Å². The lowest BCUT2D eigenvalue weighted by Gasteiger charge is -2.25. The molecular formula is C15H21N5O2S. The van der Waals surface area contributed by atoms with Crippen LogP contribution in [-0.2, 0) is 16.1 Å². The molecule has 124 valence electrons. The zero-order valence-electron chi connectivity index (χ0n) is 13.4. The summed E-state index contributed by atoms with van der Waals surface area (Å²) in [6.45, 7) is 8.12. The number of ether oxygens (including phenoxy) is 1. The van der Waals surface area contributed by atoms with Gasteiger partial charge in [0.1, 0.15) is 16.5 Å². The van der Waals surface area contributed by atoms with Crippen LogP contribution in [0.3, 0.4) is 0 Å². The van der Waals surface area contributed by atoms with Crippen LogP contribution in [0.25, 0.3) is 10.2 Å². The Morgan fingerprint density at radius 2 is 2.09 bits per heavy atom. The highest BCUT2D eigenvalue weighted by molar-refractivity contribution is 7.18. The van der Waals surface area contributed by atoms with Gasteiger partial charge in [0, 0.05) is 18.0 Å². The molecule has 3 heterocycles. The molecule has 1 aliphatic rings. The van der Waals surface area contributed by atoms with Crippen molar-refractivity contribution in [3.8, 4) is 0 Å². The van der Waals surface area contributed by atoms with Gasteiger partial charge in [-0.25, -0.2) is 9.97 Å². The van der Waals surface area contributed by atoms with Gasteiger partial charge in [-0.1, -0.05) is 0 Å². The second kappa shape index (κ2) is 6.77. The minimum Gasteiger partial charge on any atom is -0.379 e. The number of nitrogens with zero attached hydrogens (tertiary/aromatic N) is 3. The van der Waals surface area contributed by atoms with Gasteiger partial charge >= 0.3 is 0 Å². The minimum absolute atomic E-state index is 0.0669. The Morgan fingerprint density at radius 1 is 1.35 bits per heavy atom. The lowest BCUT2D eigenvalue weighted by molar-refractivity contribution is -0.116. The molecule has 3 rings (SSSR count). The van der Waals surface area contributed by atoms with Gasteiger partial charge in [-0.2, -0.15) is 0 Å². The number of nitrogens with one attached hydrogen (secondary N) is 1. The van der Waals surface area contributed by atoms with Crippen LogP contribution in [0.1, 0.15) is 16.3 Å². The number of fused-ring (bicyclic) bond motifs is 1. The standard InChI is InChI=1S/C15H21N5O2S/c1-9-10(2)23-15-13(9)14(17-7-11(16)21)18-12(19-15)8-20-3-5-22-6-4-20/h3-8H2,1-2H3,(H2,16,21)(H,17,18,19). The van der Waals surface area contributed by atoms with E-state index in [1.807, 2.05) is 0 Å². The maximum atomic E-state index is 11.1. The van der Waals surface area contributed by atoms with Gasteiger partial charge in [0.2, 0.25) is 5.91 Å². The second-order valence-electron chi connectivity index (χ2n) is 5.66. The molecule has 7 nitrogen and oxygen atoms in total. The average Bonchev–Trinajstić information content (AvgIpc) is 2.81. The van der Waals surface area contributed by atoms with Crippen LogP contribution in [0.2, 0.25) is 0 Å². The van der Waals surface area contributed by atoms with E-state index in [2.05, 4.69) is 29.0 Å². The third kappa shape index (κ3) is 3.60. The molecular weight excluding hydrogens is 314 g/mol. The van der Waals surface area contributed by atoms with Crippen LogP contribution in [0.5, 0.6) is 0 Å². The fourth-order valence-electron chi connectivity index (χ4n) is 2.62. The van der Waals surface area contributed by atoms with E-state index in [1.165, 1.54) is 4.88 Å². The lowest BCUT2D eigenvalue weighted by Crippen LogP contribution is -2.36. The molecule has 2 aromatic heterocycles. The second-order valence-corrected chi connectivity index (χ2v) is 6.86. The molecule has 8 heteroatoms. The number of carbonyl (C=O) groups excluding carboxylic acids is 1. The number of hydrogen-bond acceptors (Lipinski definition) is 7. The number of carbonyl (C=O) groups is 1. The summed E-state index contributed by atoms with van der Waals surface area (Å²) in [4.78, 5) is 24.9. The molecule has 1 fully saturated rings. The third-order valence-corrected chi connectivity index (χ3v) is 5.07. The van der Waals surface area contributed by atoms with Crippen molar-refractivity contribution in [3.63, 3.8) is 0 Å². The smallest absolute Gasteiger partial charge is 0.236 e. The van der Waals surface area contributed by atoms with E-state index in [0.29, 0.717) is 12.4 Å². The molecule has 2 aromatic rings. The number of thiophene rings is 1. The predicted octanol–water partition coefficient (Wildman–Crippen LogP) is 1.04. The molecule has 0 bridgehead atoms. The highest BCUT2D eigenvalue weighted by atomic mass is 32.1. The van der Waals surface area contributed by atoms with Crippen LogP contribution >= 0.6 is 11.3 Å². The first-order valence-corrected chi connectivity index (χ1v) is 8.45. The maximum Gasteiger partial charge on any atom is 0.236 e. The Kier molecular flexibility index (Phi) is 4.74. The fraction of sp³-hybridized carbons (Fsp3) is 0.533. The Labute approximate surface area is 138 Å². The molecule has 1 aliphatic heterocycles. The normalized spacial score (nSPS) is 15.9. The van der Waals surface area contributed by atoms with Gasteiger partial charge in [-0.3, -0.25) is 9.69 Å². The molecule has 1 amide bonds. The monoisotopic (exact) mass is 335 g/mol. The van der Waals surface area contributed by atoms with Gasteiger partial charge < -0.3 is 15.8 Å². The Balaban J connectivity index is 1.93. The molecule has 0 aliphatic carbocycles. The van der Waals surface area contributed by atoms with Crippen molar-refractivity contribution in [2.24, 2.45) is 5.73 Å². The number of anilines is 1. The maximum absolute atomic E-state index is 11.1. The summed E-state index contributed by atoms with van der Waals surface area (Å²) in [6.07, 6.45) is 0. The van der Waals surface area contributed by atoms with Crippen molar-refractivity contribution < 1.29 is 9.53 Å². The van der Waals surface area contributed by atoms with Crippen LogP contribution < -0.4 is 11.1 Å². The van der Waals surface area contributed by atoms with E-state index in [4.69, 9.17) is 15.5 Å². The first-order chi connectivity index (χ1) is 11.0. The van der Waals surface area contributed by atoms with Gasteiger partial charge in [0.15, 0.2) is 0 Å². The molecule has 0 unspecified atom stereocenters. The summed E-state index contributed by atoms with van der Waals surface area (Å²) in [5.41, 5.74) is 6.40. The quantitative estimate of drug-likeness (QED) is 0.848. The summed E-state index contributed by atoms with van der Waals surface area (Å²) in [6, 6.07) is 0. The van der Waals surface area contributed by atoms with Gasteiger partial charge in [-0.05, 0) is 19.4 Å². The Hall–Kier alpha value is -1.77. The zero-order valence-corrected chi connectivity index (χ0v) is 14.2. The van der Waals surface area contributed by atoms with Crippen molar-refractivity contribution in [2.75, 3.05) is 38.2 Å². The highest BCUT2D eigenvalue weighted by Crippen LogP contribution is 2.33. The Bertz CT molecular complexity index is 724. The molecule has 23 heavy (non-hydrogen) atoms. The SMILES string of the molecule is Cc1sc2nc(CN3CCOCC3)nc(NCC(N)=O)c2c1C. The molecule has 0 spiro atoms. The topological polar surface area (TPSA) is 93.4 Å². The molecule has 0 radical (unpaired) electrons. The number of aromatic nitrogens is 2. The molecule has 0 saturated carbocycles. The van der Waals surface area contributed by atoms with E-state index in [1.54, 1.807) is 11.3 Å². The van der Waals surface area contributed by atoms with Crippen LogP contribution in [-0.4, -0.2) is 53.6 Å². The van der Waals surface area contributed by atoms with Gasteiger partial charge in [0.05, 0.1) is 31.7 Å². The summed E-state index contributed by atoms with van der Waals surface area (Å²) in [5, 5.41) is 4.04. The van der Waals surface area contributed by atoms with E-state index < -0.39 is 5.91 Å². The van der Waals surface area contributed by atoms with Crippen molar-refractivity contribution in [1.29, 1.82) is 0 Å². The van der Waals surface area contributed by atoms with Gasteiger partial charge in [-0.15, -0.1) is 11.3 Å². The number of rotatable bonds is 5. The zero-order chi connectivity index (χ0) is 16.4. The van der Waals surface area contributed by atoms with Crippen molar-refractivity contribution >= 4 is 33.3 Å². The highest BCUT2D eigenvalue weighted by Gasteiger charge is 2.17. The summed E-state index contributed by atoms with van der Waals surface area (Å²) < 4.78 is 5.37. The Morgan fingerprint density at radius 3 is 2.78 bits per heavy atom. The molecule has 0 atom stereocenters. The molecule has 1 saturated heterocycles. The van der Waals surface area contributed by atoms with Gasteiger partial charge in [0.25, 0.3) is 0 Å². The number of nitrogens with two attached hydrogens (primary N) is 1. The van der Waals surface area contributed by atoms with E-state index >= 15 is 0 Å². The first-order valence-electron chi connectivity index (χ1n) is 7.63. The van der Waals surface area contributed by atoms with Crippen molar-refractivity contribution in [3.05, 3.63) is 16.3 Å².